The third-order valence-corrected chi connectivity index (χ3v) is 3.34. The number of benzene rings is 1. The molecule has 0 amide bonds. The monoisotopic (exact) mass is 298 g/mol. The molecule has 1 aromatic carbocycles. The predicted molar refractivity (Wildman–Crippen MR) is 70.9 cm³/mol. The van der Waals surface area contributed by atoms with Crippen LogP contribution in [0.5, 0.6) is 5.75 Å². The van der Waals surface area contributed by atoms with E-state index in [2.05, 4.69) is 9.97 Å². The molecule has 2 aromatic rings. The molecular formula is C12H11ClN2O3S. The van der Waals surface area contributed by atoms with E-state index < -0.39 is 9.84 Å². The van der Waals surface area contributed by atoms with Crippen LogP contribution in [0.3, 0.4) is 0 Å². The standard InChI is InChI=1S/C12H11ClN2O3S/c1-19(16,17)12-14-7-6-10(15-12)8-18-11-4-2-9(13)3-5-11/h2-7H,8H2,1H3. The summed E-state index contributed by atoms with van der Waals surface area (Å²) in [5, 5.41) is 0.415. The number of hydrogen-bond acceptors (Lipinski definition) is 5. The Labute approximate surface area is 116 Å². The molecule has 2 rings (SSSR count). The molecule has 1 heterocycles. The van der Waals surface area contributed by atoms with E-state index in [4.69, 9.17) is 16.3 Å². The Morgan fingerprint density at radius 2 is 1.89 bits per heavy atom. The summed E-state index contributed by atoms with van der Waals surface area (Å²) >= 11 is 5.76. The minimum Gasteiger partial charge on any atom is -0.487 e. The second-order valence-corrected chi connectivity index (χ2v) is 6.19. The van der Waals surface area contributed by atoms with E-state index in [-0.39, 0.29) is 11.8 Å². The zero-order chi connectivity index (χ0) is 13.9. The summed E-state index contributed by atoms with van der Waals surface area (Å²) in [5.74, 6) is 0.629. The lowest BCUT2D eigenvalue weighted by Gasteiger charge is -2.06. The van der Waals surface area contributed by atoms with E-state index in [1.165, 1.54) is 6.20 Å². The van der Waals surface area contributed by atoms with Crippen LogP contribution in [0.15, 0.2) is 41.7 Å². The number of rotatable bonds is 4. The highest BCUT2D eigenvalue weighted by Gasteiger charge is 2.11. The van der Waals surface area contributed by atoms with Crippen molar-refractivity contribution in [3.63, 3.8) is 0 Å². The van der Waals surface area contributed by atoms with Gasteiger partial charge in [-0.1, -0.05) is 11.6 Å². The number of aromatic nitrogens is 2. The Balaban J connectivity index is 2.10. The lowest BCUT2D eigenvalue weighted by molar-refractivity contribution is 0.300. The van der Waals surface area contributed by atoms with E-state index in [0.29, 0.717) is 16.5 Å². The second kappa shape index (κ2) is 5.54. The van der Waals surface area contributed by atoms with Crippen molar-refractivity contribution < 1.29 is 13.2 Å². The van der Waals surface area contributed by atoms with Gasteiger partial charge in [-0.3, -0.25) is 0 Å². The van der Waals surface area contributed by atoms with Crippen LogP contribution < -0.4 is 4.74 Å². The molecule has 0 atom stereocenters. The quantitative estimate of drug-likeness (QED) is 0.809. The summed E-state index contributed by atoms with van der Waals surface area (Å²) in [5.41, 5.74) is 0.491. The van der Waals surface area contributed by atoms with E-state index in [1.54, 1.807) is 30.3 Å². The molecule has 0 aliphatic rings. The van der Waals surface area contributed by atoms with Crippen LogP contribution in [0.1, 0.15) is 5.69 Å². The molecule has 0 unspecified atom stereocenters. The van der Waals surface area contributed by atoms with Gasteiger partial charge in [-0.2, -0.15) is 0 Å². The van der Waals surface area contributed by atoms with Crippen LogP contribution in [0.25, 0.3) is 0 Å². The van der Waals surface area contributed by atoms with Crippen LogP contribution >= 0.6 is 11.6 Å². The first-order valence-electron chi connectivity index (χ1n) is 5.35. The highest BCUT2D eigenvalue weighted by molar-refractivity contribution is 7.90. The van der Waals surface area contributed by atoms with Crippen LogP contribution in [0.2, 0.25) is 5.02 Å². The molecule has 0 spiro atoms. The maximum Gasteiger partial charge on any atom is 0.247 e. The number of sulfone groups is 1. The van der Waals surface area contributed by atoms with Gasteiger partial charge in [0, 0.05) is 17.5 Å². The summed E-state index contributed by atoms with van der Waals surface area (Å²) < 4.78 is 28.1. The van der Waals surface area contributed by atoms with Crippen LogP contribution in [-0.4, -0.2) is 24.6 Å². The van der Waals surface area contributed by atoms with E-state index in [1.807, 2.05) is 0 Å². The highest BCUT2D eigenvalue weighted by atomic mass is 35.5. The number of ether oxygens (including phenoxy) is 1. The molecule has 0 fully saturated rings. The van der Waals surface area contributed by atoms with Crippen molar-refractivity contribution in [1.29, 1.82) is 0 Å². The van der Waals surface area contributed by atoms with E-state index in [9.17, 15) is 8.42 Å². The van der Waals surface area contributed by atoms with Crippen molar-refractivity contribution >= 4 is 21.4 Å². The van der Waals surface area contributed by atoms with Crippen molar-refractivity contribution in [3.05, 3.63) is 47.2 Å². The maximum absolute atomic E-state index is 11.3. The minimum atomic E-state index is -3.41. The van der Waals surface area contributed by atoms with Crippen LogP contribution in [-0.2, 0) is 16.4 Å². The van der Waals surface area contributed by atoms with Crippen LogP contribution in [0.4, 0.5) is 0 Å². The average molecular weight is 299 g/mol. The van der Waals surface area contributed by atoms with Gasteiger partial charge in [0.05, 0.1) is 5.69 Å². The molecule has 0 aliphatic heterocycles. The molecule has 7 heteroatoms. The first-order valence-corrected chi connectivity index (χ1v) is 7.62. The average Bonchev–Trinajstić information content (AvgIpc) is 2.37. The third-order valence-electron chi connectivity index (χ3n) is 2.22. The van der Waals surface area contributed by atoms with Gasteiger partial charge in [0.1, 0.15) is 12.4 Å². The van der Waals surface area contributed by atoms with Gasteiger partial charge in [0.15, 0.2) is 0 Å². The van der Waals surface area contributed by atoms with Crippen LogP contribution in [0, 0.1) is 0 Å². The second-order valence-electron chi connectivity index (χ2n) is 3.85. The molecule has 1 aromatic heterocycles. The topological polar surface area (TPSA) is 69.2 Å². The fraction of sp³-hybridized carbons (Fsp3) is 0.167. The zero-order valence-corrected chi connectivity index (χ0v) is 11.6. The van der Waals surface area contributed by atoms with Crippen molar-refractivity contribution in [2.75, 3.05) is 6.26 Å². The number of nitrogens with zero attached hydrogens (tertiary/aromatic N) is 2. The van der Waals surface area contributed by atoms with Crippen molar-refractivity contribution in [1.82, 2.24) is 9.97 Å². The summed E-state index contributed by atoms with van der Waals surface area (Å²) in [7, 11) is -3.41. The summed E-state index contributed by atoms with van der Waals surface area (Å²) in [4.78, 5) is 7.63. The lowest BCUT2D eigenvalue weighted by Crippen LogP contribution is -2.07. The van der Waals surface area contributed by atoms with Gasteiger partial charge in [0.25, 0.3) is 0 Å². The van der Waals surface area contributed by atoms with Gasteiger partial charge < -0.3 is 4.74 Å². The van der Waals surface area contributed by atoms with Crippen molar-refractivity contribution in [2.24, 2.45) is 0 Å². The SMILES string of the molecule is CS(=O)(=O)c1nccc(COc2ccc(Cl)cc2)n1. The molecular weight excluding hydrogens is 288 g/mol. The Hall–Kier alpha value is -1.66. The largest absolute Gasteiger partial charge is 0.487 e. The third kappa shape index (κ3) is 3.90. The normalized spacial score (nSPS) is 11.3. The van der Waals surface area contributed by atoms with E-state index in [0.717, 1.165) is 6.26 Å². The van der Waals surface area contributed by atoms with Gasteiger partial charge in [0.2, 0.25) is 15.0 Å². The number of hydrogen-bond donors (Lipinski definition) is 0. The molecule has 0 radical (unpaired) electrons. The Morgan fingerprint density at radius 1 is 1.21 bits per heavy atom. The lowest BCUT2D eigenvalue weighted by atomic mass is 10.3. The molecule has 5 nitrogen and oxygen atoms in total. The Bertz CT molecular complexity index is 672. The molecule has 0 aliphatic carbocycles. The van der Waals surface area contributed by atoms with Crippen molar-refractivity contribution in [2.45, 2.75) is 11.8 Å². The molecule has 0 saturated carbocycles. The fourth-order valence-electron chi connectivity index (χ4n) is 1.32. The fourth-order valence-corrected chi connectivity index (χ4v) is 1.98. The summed E-state index contributed by atoms with van der Waals surface area (Å²) in [6.45, 7) is 0.159. The Kier molecular flexibility index (Phi) is 4.01. The molecule has 0 bridgehead atoms. The first kappa shape index (κ1) is 13.8. The zero-order valence-electron chi connectivity index (χ0n) is 10.1. The summed E-state index contributed by atoms with van der Waals surface area (Å²) in [6.07, 6.45) is 2.45. The molecule has 100 valence electrons. The smallest absolute Gasteiger partial charge is 0.247 e. The minimum absolute atomic E-state index is 0.159. The highest BCUT2D eigenvalue weighted by Crippen LogP contribution is 2.16. The van der Waals surface area contributed by atoms with Crippen molar-refractivity contribution in [3.8, 4) is 5.75 Å². The molecule has 0 N–H and O–H groups in total. The van der Waals surface area contributed by atoms with Gasteiger partial charge in [-0.05, 0) is 30.3 Å². The van der Waals surface area contributed by atoms with Gasteiger partial charge in [-0.15, -0.1) is 0 Å². The number of halogens is 1. The Morgan fingerprint density at radius 3 is 2.53 bits per heavy atom. The van der Waals surface area contributed by atoms with E-state index >= 15 is 0 Å². The molecule has 0 saturated heterocycles. The maximum atomic E-state index is 11.3. The first-order chi connectivity index (χ1) is 8.95. The van der Waals surface area contributed by atoms with Gasteiger partial charge >= 0.3 is 0 Å². The van der Waals surface area contributed by atoms with Gasteiger partial charge in [-0.25, -0.2) is 18.4 Å². The molecule has 19 heavy (non-hydrogen) atoms. The summed E-state index contributed by atoms with van der Waals surface area (Å²) in [6, 6.07) is 8.46. The predicted octanol–water partition coefficient (Wildman–Crippen LogP) is 2.11.